The third kappa shape index (κ3) is 2.18. The van der Waals surface area contributed by atoms with Crippen LogP contribution in [-0.4, -0.2) is 42.3 Å². The molecule has 2 aromatic carbocycles. The average molecular weight is 452 g/mol. The second-order valence-electron chi connectivity index (χ2n) is 8.93. The summed E-state index contributed by atoms with van der Waals surface area (Å²) in [7, 11) is 1.56. The van der Waals surface area contributed by atoms with Gasteiger partial charge in [-0.3, -0.25) is 19.3 Å². The predicted molar refractivity (Wildman–Crippen MR) is 119 cm³/mol. The van der Waals surface area contributed by atoms with E-state index in [1.807, 2.05) is 13.0 Å². The van der Waals surface area contributed by atoms with Crippen LogP contribution in [0.5, 0.6) is 5.75 Å². The molecule has 4 aliphatic heterocycles. The zero-order valence-electron chi connectivity index (χ0n) is 17.7. The third-order valence-corrected chi connectivity index (χ3v) is 8.10. The Bertz CT molecular complexity index is 1200. The van der Waals surface area contributed by atoms with Crippen molar-refractivity contribution >= 4 is 40.7 Å². The van der Waals surface area contributed by atoms with E-state index in [2.05, 4.69) is 10.2 Å². The summed E-state index contributed by atoms with van der Waals surface area (Å²) in [5.41, 5.74) is 1.50. The molecule has 1 N–H and O–H groups in total. The molecule has 4 heterocycles. The topological polar surface area (TPSA) is 79.0 Å². The number of rotatable bonds is 2. The first-order valence-corrected chi connectivity index (χ1v) is 11.2. The van der Waals surface area contributed by atoms with Crippen LogP contribution in [0.1, 0.15) is 24.0 Å². The number of benzene rings is 2. The highest BCUT2D eigenvalue weighted by molar-refractivity contribution is 6.32. The molecule has 4 atom stereocenters. The zero-order chi connectivity index (χ0) is 22.4. The van der Waals surface area contributed by atoms with Crippen molar-refractivity contribution in [2.24, 2.45) is 11.8 Å². The van der Waals surface area contributed by atoms with E-state index >= 15 is 0 Å². The van der Waals surface area contributed by atoms with E-state index in [1.165, 1.54) is 4.90 Å². The van der Waals surface area contributed by atoms with Crippen LogP contribution in [0.15, 0.2) is 36.4 Å². The molecule has 32 heavy (non-hydrogen) atoms. The highest BCUT2D eigenvalue weighted by Gasteiger charge is 2.74. The molecule has 0 radical (unpaired) electrons. The van der Waals surface area contributed by atoms with Crippen LogP contribution >= 0.6 is 11.6 Å². The number of carbonyl (C=O) groups excluding carboxylic acids is 3. The average Bonchev–Trinajstić information content (AvgIpc) is 3.50. The predicted octanol–water partition coefficient (Wildman–Crippen LogP) is 3.09. The minimum Gasteiger partial charge on any atom is -0.497 e. The maximum absolute atomic E-state index is 13.9. The molecule has 3 fully saturated rings. The van der Waals surface area contributed by atoms with Crippen molar-refractivity contribution < 1.29 is 19.1 Å². The lowest BCUT2D eigenvalue weighted by molar-refractivity contribution is -0.135. The molecule has 1 spiro atoms. The lowest BCUT2D eigenvalue weighted by Crippen LogP contribution is -2.54. The molecule has 3 saturated heterocycles. The normalized spacial score (nSPS) is 30.7. The lowest BCUT2D eigenvalue weighted by atomic mass is 9.75. The van der Waals surface area contributed by atoms with E-state index in [4.69, 9.17) is 16.3 Å². The van der Waals surface area contributed by atoms with Gasteiger partial charge in [0.15, 0.2) is 0 Å². The van der Waals surface area contributed by atoms with Gasteiger partial charge in [0.25, 0.3) is 0 Å². The van der Waals surface area contributed by atoms with Crippen LogP contribution in [0.25, 0.3) is 0 Å². The quantitative estimate of drug-likeness (QED) is 0.710. The van der Waals surface area contributed by atoms with Crippen molar-refractivity contribution in [3.05, 3.63) is 52.5 Å². The summed E-state index contributed by atoms with van der Waals surface area (Å²) in [4.78, 5) is 44.6. The Labute approximate surface area is 190 Å². The summed E-state index contributed by atoms with van der Waals surface area (Å²) in [5.74, 6) is -1.48. The summed E-state index contributed by atoms with van der Waals surface area (Å²) in [6, 6.07) is 10.3. The van der Waals surface area contributed by atoms with Crippen LogP contribution in [0.2, 0.25) is 5.02 Å². The van der Waals surface area contributed by atoms with E-state index < -0.39 is 17.4 Å². The monoisotopic (exact) mass is 451 g/mol. The molecular weight excluding hydrogens is 430 g/mol. The number of hydrogen-bond acceptors (Lipinski definition) is 5. The fourth-order valence-corrected chi connectivity index (χ4v) is 6.53. The van der Waals surface area contributed by atoms with Crippen molar-refractivity contribution in [1.29, 1.82) is 0 Å². The molecule has 6 rings (SSSR count). The Morgan fingerprint density at radius 2 is 1.84 bits per heavy atom. The van der Waals surface area contributed by atoms with Gasteiger partial charge in [0, 0.05) is 16.6 Å². The number of ether oxygens (including phenoxy) is 1. The maximum atomic E-state index is 13.9. The summed E-state index contributed by atoms with van der Waals surface area (Å²) in [6.45, 7) is 2.54. The van der Waals surface area contributed by atoms with E-state index in [0.717, 1.165) is 24.0 Å². The molecule has 7 nitrogen and oxygen atoms in total. The molecule has 3 amide bonds. The number of hydrogen-bond donors (Lipinski definition) is 1. The highest BCUT2D eigenvalue weighted by Crippen LogP contribution is 2.61. The Morgan fingerprint density at radius 1 is 1.09 bits per heavy atom. The molecule has 8 heteroatoms. The fraction of sp³-hybridized carbons (Fsp3) is 0.375. The molecule has 4 aliphatic rings. The van der Waals surface area contributed by atoms with Crippen molar-refractivity contribution in [3.63, 3.8) is 0 Å². The number of carbonyl (C=O) groups is 3. The molecule has 0 aromatic heterocycles. The second-order valence-corrected chi connectivity index (χ2v) is 9.34. The molecule has 0 bridgehead atoms. The van der Waals surface area contributed by atoms with Gasteiger partial charge in [-0.25, -0.2) is 4.90 Å². The first-order valence-electron chi connectivity index (χ1n) is 10.8. The minimum absolute atomic E-state index is 0.146. The number of halogens is 1. The molecular formula is C24H22ClN3O4. The molecule has 164 valence electrons. The number of methoxy groups -OCH3 is 1. The summed E-state index contributed by atoms with van der Waals surface area (Å²) in [5, 5.41) is 3.56. The van der Waals surface area contributed by atoms with Gasteiger partial charge in [0.1, 0.15) is 11.3 Å². The third-order valence-electron chi connectivity index (χ3n) is 7.69. The maximum Gasteiger partial charge on any atom is 0.250 e. The number of imide groups is 1. The first kappa shape index (κ1) is 19.8. The Balaban J connectivity index is 1.53. The van der Waals surface area contributed by atoms with Crippen molar-refractivity contribution in [2.45, 2.75) is 31.3 Å². The number of anilines is 2. The van der Waals surface area contributed by atoms with Crippen LogP contribution in [0.3, 0.4) is 0 Å². The van der Waals surface area contributed by atoms with E-state index in [1.54, 1.807) is 37.4 Å². The van der Waals surface area contributed by atoms with Crippen molar-refractivity contribution in [1.82, 2.24) is 4.90 Å². The van der Waals surface area contributed by atoms with Gasteiger partial charge in [0.2, 0.25) is 17.7 Å². The molecule has 2 aromatic rings. The number of fused-ring (bicyclic) bond motifs is 7. The second kappa shape index (κ2) is 6.56. The van der Waals surface area contributed by atoms with Gasteiger partial charge in [0.05, 0.1) is 30.3 Å². The Kier molecular flexibility index (Phi) is 4.05. The van der Waals surface area contributed by atoms with Crippen LogP contribution < -0.4 is 15.0 Å². The SMILES string of the molecule is COc1ccc(N2C(=O)[C@@H]3[C@H]4CCCN4[C@@]4(C(=O)Nc5c4ccc(Cl)c5C)[C@H]3C2=O)cc1. The fourth-order valence-electron chi connectivity index (χ4n) is 6.38. The van der Waals surface area contributed by atoms with Crippen LogP contribution in [-0.2, 0) is 19.9 Å². The van der Waals surface area contributed by atoms with Gasteiger partial charge in [-0.05, 0) is 62.2 Å². The van der Waals surface area contributed by atoms with Gasteiger partial charge in [-0.1, -0.05) is 17.7 Å². The van der Waals surface area contributed by atoms with Crippen LogP contribution in [0, 0.1) is 18.8 Å². The van der Waals surface area contributed by atoms with E-state index in [-0.39, 0.29) is 23.8 Å². The minimum atomic E-state index is -1.19. The van der Waals surface area contributed by atoms with Gasteiger partial charge in [-0.15, -0.1) is 0 Å². The first-order chi connectivity index (χ1) is 15.4. The smallest absolute Gasteiger partial charge is 0.250 e. The van der Waals surface area contributed by atoms with E-state index in [9.17, 15) is 14.4 Å². The number of nitrogens with one attached hydrogen (secondary N) is 1. The Morgan fingerprint density at radius 3 is 2.56 bits per heavy atom. The Hall–Kier alpha value is -2.90. The largest absolute Gasteiger partial charge is 0.497 e. The van der Waals surface area contributed by atoms with E-state index in [0.29, 0.717) is 28.7 Å². The summed E-state index contributed by atoms with van der Waals surface area (Å²) in [6.07, 6.45) is 1.67. The standard InChI is InChI=1S/C24H22ClN3O4/c1-12-16(25)10-9-15-20(12)26-23(31)24(15)19-18(17-4-3-11-27(17)24)21(29)28(22(19)30)13-5-7-14(32-2)8-6-13/h5-10,17-19H,3-4,11H2,1-2H3,(H,26,31)/t17-,18-,19-,24-/m1/s1. The van der Waals surface area contributed by atoms with Gasteiger partial charge >= 0.3 is 0 Å². The van der Waals surface area contributed by atoms with Crippen molar-refractivity contribution in [3.8, 4) is 5.75 Å². The van der Waals surface area contributed by atoms with Gasteiger partial charge in [-0.2, -0.15) is 0 Å². The number of amides is 3. The molecule has 0 aliphatic carbocycles. The molecule has 0 saturated carbocycles. The summed E-state index contributed by atoms with van der Waals surface area (Å²) < 4.78 is 5.21. The summed E-state index contributed by atoms with van der Waals surface area (Å²) >= 11 is 6.33. The zero-order valence-corrected chi connectivity index (χ0v) is 18.5. The van der Waals surface area contributed by atoms with Gasteiger partial charge < -0.3 is 10.1 Å². The molecule has 0 unspecified atom stereocenters. The number of nitrogens with zero attached hydrogens (tertiary/aromatic N) is 2. The van der Waals surface area contributed by atoms with Crippen molar-refractivity contribution in [2.75, 3.05) is 23.9 Å². The highest BCUT2D eigenvalue weighted by atomic mass is 35.5. The van der Waals surface area contributed by atoms with Crippen LogP contribution in [0.4, 0.5) is 11.4 Å². The lowest BCUT2D eigenvalue weighted by Gasteiger charge is -2.36.